The summed E-state index contributed by atoms with van der Waals surface area (Å²) in [4.78, 5) is 23.5. The Balaban J connectivity index is 2.39. The van der Waals surface area contributed by atoms with Crippen LogP contribution in [0, 0.1) is 0 Å². The van der Waals surface area contributed by atoms with E-state index in [0.717, 1.165) is 0 Å². The van der Waals surface area contributed by atoms with E-state index < -0.39 is 24.3 Å². The average molecular weight is 408 g/mol. The largest absolute Gasteiger partial charge is 0.498 e. The molecule has 0 spiro atoms. The fraction of sp³-hybridized carbons (Fsp3) is 0.600. The number of esters is 1. The first kappa shape index (κ1) is 23.3. The molecule has 0 unspecified atom stereocenters. The van der Waals surface area contributed by atoms with E-state index >= 15 is 0 Å². The van der Waals surface area contributed by atoms with E-state index in [4.69, 9.17) is 28.3 Å². The summed E-state index contributed by atoms with van der Waals surface area (Å²) in [6.45, 7) is 8.42. The van der Waals surface area contributed by atoms with Crippen molar-refractivity contribution in [2.24, 2.45) is 0 Å². The zero-order valence-corrected chi connectivity index (χ0v) is 17.9. The van der Waals surface area contributed by atoms with Crippen LogP contribution in [0.2, 0.25) is 0 Å². The van der Waals surface area contributed by atoms with Gasteiger partial charge in [-0.3, -0.25) is 9.59 Å². The third-order valence-corrected chi connectivity index (χ3v) is 5.13. The molecular formula is C20H29BO8. The molecule has 0 atom stereocenters. The van der Waals surface area contributed by atoms with Crippen LogP contribution in [0.3, 0.4) is 0 Å². The fourth-order valence-electron chi connectivity index (χ4n) is 2.78. The molecule has 0 radical (unpaired) electrons. The van der Waals surface area contributed by atoms with E-state index in [2.05, 4.69) is 0 Å². The third kappa shape index (κ3) is 5.57. The molecule has 0 saturated carbocycles. The predicted octanol–water partition coefficient (Wildman–Crippen LogP) is 1.51. The van der Waals surface area contributed by atoms with E-state index in [0.29, 0.717) is 36.3 Å². The summed E-state index contributed by atoms with van der Waals surface area (Å²) >= 11 is 0. The Morgan fingerprint density at radius 3 is 2.31 bits per heavy atom. The second kappa shape index (κ2) is 9.71. The zero-order valence-electron chi connectivity index (χ0n) is 17.9. The van der Waals surface area contributed by atoms with Gasteiger partial charge in [0.15, 0.2) is 13.1 Å². The van der Waals surface area contributed by atoms with Gasteiger partial charge < -0.3 is 28.3 Å². The van der Waals surface area contributed by atoms with Crippen molar-refractivity contribution in [2.75, 3.05) is 34.2 Å². The van der Waals surface area contributed by atoms with Crippen LogP contribution < -0.4 is 10.2 Å². The summed E-state index contributed by atoms with van der Waals surface area (Å²) in [5, 5.41) is 0. The molecule has 1 aromatic rings. The third-order valence-electron chi connectivity index (χ3n) is 5.13. The average Bonchev–Trinajstić information content (AvgIpc) is 2.88. The van der Waals surface area contributed by atoms with Crippen molar-refractivity contribution in [1.29, 1.82) is 0 Å². The van der Waals surface area contributed by atoms with E-state index in [9.17, 15) is 9.59 Å². The molecule has 9 heteroatoms. The molecule has 0 bridgehead atoms. The van der Waals surface area contributed by atoms with Crippen LogP contribution in [0.25, 0.3) is 0 Å². The maximum Gasteiger partial charge on any atom is 0.498 e. The van der Waals surface area contributed by atoms with Crippen molar-refractivity contribution in [2.45, 2.75) is 45.3 Å². The molecule has 1 fully saturated rings. The minimum absolute atomic E-state index is 0.00840. The van der Waals surface area contributed by atoms with E-state index in [1.807, 2.05) is 27.7 Å². The highest BCUT2D eigenvalue weighted by molar-refractivity contribution is 6.63. The van der Waals surface area contributed by atoms with Crippen LogP contribution in [-0.2, 0) is 34.7 Å². The Kier molecular flexibility index (Phi) is 7.82. The maximum absolute atomic E-state index is 11.8. The van der Waals surface area contributed by atoms with Gasteiger partial charge in [0.25, 0.3) is 0 Å². The number of aldehydes is 1. The number of carbonyl (C=O) groups is 2. The van der Waals surface area contributed by atoms with Crippen molar-refractivity contribution in [3.8, 4) is 5.75 Å². The zero-order chi connectivity index (χ0) is 21.7. The Morgan fingerprint density at radius 1 is 1.10 bits per heavy atom. The molecule has 1 aliphatic rings. The molecular weight excluding hydrogens is 379 g/mol. The van der Waals surface area contributed by atoms with Crippen LogP contribution in [0.5, 0.6) is 5.75 Å². The predicted molar refractivity (Wildman–Crippen MR) is 107 cm³/mol. The quantitative estimate of drug-likeness (QED) is 0.189. The second-order valence-corrected chi connectivity index (χ2v) is 7.73. The number of carbonyl (C=O) groups excluding carboxylic acids is 2. The van der Waals surface area contributed by atoms with Crippen LogP contribution in [0.4, 0.5) is 0 Å². The van der Waals surface area contributed by atoms with Crippen LogP contribution in [0.15, 0.2) is 12.1 Å². The Hall–Kier alpha value is -1.94. The fourth-order valence-corrected chi connectivity index (χ4v) is 2.78. The standard InChI is InChI=1S/C20H29BO8/c1-19(2)20(3,4)29-21(28-19)16-10-14(11-17(23)25-6)9-15(12-22)18(16)27-13-26-8-7-24-5/h9-10,12H,7-8,11,13H2,1-6H3. The van der Waals surface area contributed by atoms with Gasteiger partial charge in [-0.25, -0.2) is 0 Å². The van der Waals surface area contributed by atoms with Gasteiger partial charge in [0.2, 0.25) is 0 Å². The number of ether oxygens (including phenoxy) is 4. The van der Waals surface area contributed by atoms with E-state index in [1.165, 1.54) is 7.11 Å². The summed E-state index contributed by atoms with van der Waals surface area (Å²) in [6, 6.07) is 3.32. The minimum Gasteiger partial charge on any atom is -0.469 e. The summed E-state index contributed by atoms with van der Waals surface area (Å²) in [5.41, 5.74) is 0.220. The van der Waals surface area contributed by atoms with Crippen LogP contribution in [-0.4, -0.2) is 64.8 Å². The SMILES string of the molecule is COCCOCOc1c(C=O)cc(CC(=O)OC)cc1B1OC(C)(C)C(C)(C)O1. The Labute approximate surface area is 171 Å². The van der Waals surface area contributed by atoms with Crippen molar-refractivity contribution < 1.29 is 37.8 Å². The first-order chi connectivity index (χ1) is 13.6. The van der Waals surface area contributed by atoms with Crippen molar-refractivity contribution >= 4 is 24.8 Å². The van der Waals surface area contributed by atoms with Gasteiger partial charge in [0, 0.05) is 12.6 Å². The van der Waals surface area contributed by atoms with Crippen LogP contribution in [0.1, 0.15) is 43.6 Å². The van der Waals surface area contributed by atoms with Crippen LogP contribution >= 0.6 is 0 Å². The molecule has 1 saturated heterocycles. The molecule has 8 nitrogen and oxygen atoms in total. The topological polar surface area (TPSA) is 89.5 Å². The molecule has 1 aromatic carbocycles. The summed E-state index contributed by atoms with van der Waals surface area (Å²) in [6.07, 6.45) is 0.675. The van der Waals surface area contributed by atoms with Gasteiger partial charge in [0.1, 0.15) is 5.75 Å². The summed E-state index contributed by atoms with van der Waals surface area (Å²) in [5.74, 6) is -0.122. The lowest BCUT2D eigenvalue weighted by atomic mass is 9.76. The molecule has 0 amide bonds. The highest BCUT2D eigenvalue weighted by Gasteiger charge is 2.52. The van der Waals surface area contributed by atoms with E-state index in [1.54, 1.807) is 19.2 Å². The van der Waals surface area contributed by atoms with Gasteiger partial charge in [-0.15, -0.1) is 0 Å². The Bertz CT molecular complexity index is 715. The molecule has 0 aliphatic carbocycles. The summed E-state index contributed by atoms with van der Waals surface area (Å²) < 4.78 is 33.1. The van der Waals surface area contributed by atoms with Gasteiger partial charge in [-0.2, -0.15) is 0 Å². The molecule has 160 valence electrons. The van der Waals surface area contributed by atoms with Gasteiger partial charge >= 0.3 is 13.1 Å². The monoisotopic (exact) mass is 408 g/mol. The normalized spacial score (nSPS) is 17.2. The molecule has 0 N–H and O–H groups in total. The minimum atomic E-state index is -0.773. The molecule has 29 heavy (non-hydrogen) atoms. The first-order valence-electron chi connectivity index (χ1n) is 9.39. The Morgan fingerprint density at radius 2 is 1.76 bits per heavy atom. The smallest absolute Gasteiger partial charge is 0.469 e. The number of hydrogen-bond donors (Lipinski definition) is 0. The number of benzene rings is 1. The van der Waals surface area contributed by atoms with E-state index in [-0.39, 0.29) is 18.8 Å². The number of rotatable bonds is 10. The highest BCUT2D eigenvalue weighted by Crippen LogP contribution is 2.37. The summed E-state index contributed by atoms with van der Waals surface area (Å²) in [7, 11) is 2.11. The lowest BCUT2D eigenvalue weighted by Crippen LogP contribution is -2.41. The maximum atomic E-state index is 11.8. The molecule has 0 aromatic heterocycles. The van der Waals surface area contributed by atoms with Gasteiger partial charge in [0.05, 0.1) is 43.5 Å². The lowest BCUT2D eigenvalue weighted by molar-refractivity contribution is -0.139. The van der Waals surface area contributed by atoms with Crippen molar-refractivity contribution in [3.63, 3.8) is 0 Å². The van der Waals surface area contributed by atoms with Gasteiger partial charge in [-0.1, -0.05) is 6.07 Å². The lowest BCUT2D eigenvalue weighted by Gasteiger charge is -2.32. The first-order valence-corrected chi connectivity index (χ1v) is 9.39. The molecule has 1 aliphatic heterocycles. The van der Waals surface area contributed by atoms with Crippen molar-refractivity contribution in [3.05, 3.63) is 23.3 Å². The number of methoxy groups -OCH3 is 2. The van der Waals surface area contributed by atoms with Gasteiger partial charge in [-0.05, 0) is 39.3 Å². The molecule has 1 heterocycles. The molecule has 2 rings (SSSR count). The highest BCUT2D eigenvalue weighted by atomic mass is 16.7. The van der Waals surface area contributed by atoms with Crippen molar-refractivity contribution in [1.82, 2.24) is 0 Å². The second-order valence-electron chi connectivity index (χ2n) is 7.73. The number of hydrogen-bond acceptors (Lipinski definition) is 8.